The number of aldehydes is 1. The summed E-state index contributed by atoms with van der Waals surface area (Å²) in [4.78, 5) is 19.6. The second-order valence-corrected chi connectivity index (χ2v) is 4.75. The molecule has 2 heterocycles. The lowest BCUT2D eigenvalue weighted by molar-refractivity contribution is 0.112. The van der Waals surface area contributed by atoms with Gasteiger partial charge in [0.25, 0.3) is 0 Å². The summed E-state index contributed by atoms with van der Waals surface area (Å²) in [6.45, 7) is 2.02. The Bertz CT molecular complexity index is 384. The molecule has 0 atom stereocenters. The Morgan fingerprint density at radius 1 is 1.41 bits per heavy atom. The highest BCUT2D eigenvalue weighted by atomic mass is 16.1. The third-order valence-electron chi connectivity index (χ3n) is 3.42. The van der Waals surface area contributed by atoms with Gasteiger partial charge in [-0.15, -0.1) is 0 Å². The van der Waals surface area contributed by atoms with E-state index >= 15 is 0 Å². The van der Waals surface area contributed by atoms with Crippen molar-refractivity contribution >= 4 is 12.1 Å². The maximum absolute atomic E-state index is 10.7. The lowest BCUT2D eigenvalue weighted by atomic mass is 10.0. The predicted octanol–water partition coefficient (Wildman–Crippen LogP) is 1.42. The van der Waals surface area contributed by atoms with Crippen LogP contribution in [0.25, 0.3) is 0 Å². The fourth-order valence-electron chi connectivity index (χ4n) is 2.29. The first kappa shape index (κ1) is 12.0. The average Bonchev–Trinajstić information content (AvgIpc) is 2.39. The van der Waals surface area contributed by atoms with Gasteiger partial charge in [0.05, 0.1) is 0 Å². The molecule has 0 bridgehead atoms. The summed E-state index contributed by atoms with van der Waals surface area (Å²) in [5, 5.41) is 0. The molecule has 0 N–H and O–H groups in total. The summed E-state index contributed by atoms with van der Waals surface area (Å²) < 4.78 is 0. The molecule has 0 spiro atoms. The third kappa shape index (κ3) is 2.82. The van der Waals surface area contributed by atoms with Crippen molar-refractivity contribution in [3.8, 4) is 0 Å². The van der Waals surface area contributed by atoms with Crippen molar-refractivity contribution in [2.45, 2.75) is 18.9 Å². The first-order valence-corrected chi connectivity index (χ1v) is 6.03. The van der Waals surface area contributed by atoms with Crippen LogP contribution in [0.15, 0.2) is 18.3 Å². The molecule has 2 rings (SSSR count). The number of hydrogen-bond acceptors (Lipinski definition) is 4. The van der Waals surface area contributed by atoms with Crippen molar-refractivity contribution in [2.24, 2.45) is 0 Å². The van der Waals surface area contributed by atoms with Crippen LogP contribution in [0.2, 0.25) is 0 Å². The molecule has 0 aromatic carbocycles. The van der Waals surface area contributed by atoms with Gasteiger partial charge >= 0.3 is 0 Å². The molecule has 0 unspecified atom stereocenters. The highest BCUT2D eigenvalue weighted by molar-refractivity contribution is 5.76. The van der Waals surface area contributed by atoms with Crippen LogP contribution in [0.4, 0.5) is 5.82 Å². The van der Waals surface area contributed by atoms with Crippen molar-refractivity contribution in [3.63, 3.8) is 0 Å². The van der Waals surface area contributed by atoms with Crippen molar-refractivity contribution < 1.29 is 4.79 Å². The molecule has 1 aromatic rings. The lowest BCUT2D eigenvalue weighted by Crippen LogP contribution is -2.42. The molecule has 1 aliphatic rings. The minimum atomic E-state index is 0.667. The fourth-order valence-corrected chi connectivity index (χ4v) is 2.29. The number of carbonyl (C=O) groups excluding carboxylic acids is 1. The van der Waals surface area contributed by atoms with Crippen molar-refractivity contribution in [1.29, 1.82) is 0 Å². The molecule has 4 nitrogen and oxygen atoms in total. The van der Waals surface area contributed by atoms with Crippen LogP contribution in [0, 0.1) is 0 Å². The molecular formula is C13H19N3O. The number of piperidine rings is 1. The molecule has 4 heteroatoms. The van der Waals surface area contributed by atoms with Crippen molar-refractivity contribution in [1.82, 2.24) is 9.88 Å². The summed E-state index contributed by atoms with van der Waals surface area (Å²) in [7, 11) is 4.26. The predicted molar refractivity (Wildman–Crippen MR) is 68.5 cm³/mol. The summed E-state index contributed by atoms with van der Waals surface area (Å²) in [6, 6.07) is 4.27. The Morgan fingerprint density at radius 2 is 2.12 bits per heavy atom. The minimum absolute atomic E-state index is 0.667. The quantitative estimate of drug-likeness (QED) is 0.740. The molecule has 0 radical (unpaired) electrons. The van der Waals surface area contributed by atoms with E-state index in [-0.39, 0.29) is 0 Å². The number of rotatable bonds is 3. The van der Waals surface area contributed by atoms with E-state index in [1.165, 1.54) is 0 Å². The number of aromatic nitrogens is 1. The molecule has 1 aromatic heterocycles. The topological polar surface area (TPSA) is 36.4 Å². The van der Waals surface area contributed by atoms with E-state index < -0.39 is 0 Å². The highest BCUT2D eigenvalue weighted by Crippen LogP contribution is 2.20. The fraction of sp³-hybridized carbons (Fsp3) is 0.538. The Hall–Kier alpha value is -1.42. The Kier molecular flexibility index (Phi) is 3.74. The van der Waals surface area contributed by atoms with Crippen LogP contribution in [-0.4, -0.2) is 49.4 Å². The van der Waals surface area contributed by atoms with Crippen LogP contribution in [0.5, 0.6) is 0 Å². The molecule has 1 saturated heterocycles. The standard InChI is InChI=1S/C13H19N3O/c1-15(2)12-4-7-16(8-5-12)13-9-11(10-17)3-6-14-13/h3,6,9-10,12H,4-5,7-8H2,1-2H3. The number of hydrogen-bond donors (Lipinski definition) is 0. The average molecular weight is 233 g/mol. The van der Waals surface area contributed by atoms with E-state index in [1.807, 2.05) is 6.07 Å². The van der Waals surface area contributed by atoms with E-state index in [0.29, 0.717) is 11.6 Å². The van der Waals surface area contributed by atoms with Gasteiger partial charge in [-0.2, -0.15) is 0 Å². The van der Waals surface area contributed by atoms with Gasteiger partial charge in [0.15, 0.2) is 0 Å². The zero-order valence-electron chi connectivity index (χ0n) is 10.5. The maximum Gasteiger partial charge on any atom is 0.150 e. The minimum Gasteiger partial charge on any atom is -0.356 e. The second kappa shape index (κ2) is 5.27. The largest absolute Gasteiger partial charge is 0.356 e. The van der Waals surface area contributed by atoms with Crippen LogP contribution < -0.4 is 4.90 Å². The molecule has 92 valence electrons. The molecular weight excluding hydrogens is 214 g/mol. The second-order valence-electron chi connectivity index (χ2n) is 4.75. The maximum atomic E-state index is 10.7. The van der Waals surface area contributed by atoms with E-state index in [4.69, 9.17) is 0 Å². The number of carbonyl (C=O) groups is 1. The molecule has 1 aliphatic heterocycles. The summed E-state index contributed by atoms with van der Waals surface area (Å²) in [6.07, 6.45) is 4.88. The molecule has 0 amide bonds. The highest BCUT2D eigenvalue weighted by Gasteiger charge is 2.21. The van der Waals surface area contributed by atoms with Crippen LogP contribution in [0.1, 0.15) is 23.2 Å². The van der Waals surface area contributed by atoms with Gasteiger partial charge in [-0.1, -0.05) is 0 Å². The van der Waals surface area contributed by atoms with Gasteiger partial charge < -0.3 is 9.80 Å². The van der Waals surface area contributed by atoms with Gasteiger partial charge in [0, 0.05) is 30.9 Å². The Morgan fingerprint density at radius 3 is 2.71 bits per heavy atom. The number of pyridine rings is 1. The van der Waals surface area contributed by atoms with Crippen LogP contribution >= 0.6 is 0 Å². The van der Waals surface area contributed by atoms with E-state index in [2.05, 4.69) is 28.9 Å². The lowest BCUT2D eigenvalue weighted by Gasteiger charge is -2.35. The Balaban J connectivity index is 2.02. The smallest absolute Gasteiger partial charge is 0.150 e. The van der Waals surface area contributed by atoms with Gasteiger partial charge in [0.2, 0.25) is 0 Å². The third-order valence-corrected chi connectivity index (χ3v) is 3.42. The molecule has 1 fully saturated rings. The van der Waals surface area contributed by atoms with E-state index in [9.17, 15) is 4.79 Å². The molecule has 0 saturated carbocycles. The van der Waals surface area contributed by atoms with Gasteiger partial charge in [0.1, 0.15) is 12.1 Å². The summed E-state index contributed by atoms with van der Waals surface area (Å²) in [5.74, 6) is 0.923. The van der Waals surface area contributed by atoms with Crippen LogP contribution in [-0.2, 0) is 0 Å². The summed E-state index contributed by atoms with van der Waals surface area (Å²) in [5.41, 5.74) is 0.699. The molecule has 17 heavy (non-hydrogen) atoms. The SMILES string of the molecule is CN(C)C1CCN(c2cc(C=O)ccn2)CC1. The van der Waals surface area contributed by atoms with Crippen molar-refractivity contribution in [2.75, 3.05) is 32.1 Å². The molecule has 0 aliphatic carbocycles. The number of anilines is 1. The monoisotopic (exact) mass is 233 g/mol. The van der Waals surface area contributed by atoms with Gasteiger partial charge in [-0.25, -0.2) is 4.98 Å². The first-order chi connectivity index (χ1) is 8.20. The Labute approximate surface area is 102 Å². The first-order valence-electron chi connectivity index (χ1n) is 6.03. The van der Waals surface area contributed by atoms with Crippen molar-refractivity contribution in [3.05, 3.63) is 23.9 Å². The zero-order valence-corrected chi connectivity index (χ0v) is 10.5. The summed E-state index contributed by atoms with van der Waals surface area (Å²) >= 11 is 0. The van der Waals surface area contributed by atoms with Gasteiger partial charge in [-0.3, -0.25) is 4.79 Å². The van der Waals surface area contributed by atoms with Gasteiger partial charge in [-0.05, 0) is 39.1 Å². The van der Waals surface area contributed by atoms with E-state index in [0.717, 1.165) is 38.0 Å². The van der Waals surface area contributed by atoms with Crippen LogP contribution in [0.3, 0.4) is 0 Å². The van der Waals surface area contributed by atoms with E-state index in [1.54, 1.807) is 12.3 Å². The zero-order chi connectivity index (χ0) is 12.3. The number of nitrogens with zero attached hydrogens (tertiary/aromatic N) is 3. The normalized spacial score (nSPS) is 17.5.